The van der Waals surface area contributed by atoms with Crippen molar-refractivity contribution < 1.29 is 4.79 Å². The highest BCUT2D eigenvalue weighted by Gasteiger charge is 2.17. The predicted molar refractivity (Wildman–Crippen MR) is 112 cm³/mol. The van der Waals surface area contributed by atoms with Gasteiger partial charge in [-0.1, -0.05) is 46.0 Å². The molecule has 0 atom stereocenters. The van der Waals surface area contributed by atoms with Gasteiger partial charge in [-0.2, -0.15) is 10.2 Å². The van der Waals surface area contributed by atoms with E-state index in [0.29, 0.717) is 24.6 Å². The normalized spacial score (nSPS) is 15.3. The molecular weight excluding hydrogens is 350 g/mol. The quantitative estimate of drug-likeness (QED) is 0.699. The van der Waals surface area contributed by atoms with E-state index in [0.717, 1.165) is 30.3 Å². The van der Waals surface area contributed by atoms with Gasteiger partial charge in [-0.05, 0) is 44.1 Å². The molecular formula is C22H35N5O. The number of H-pyrrole nitrogens is 1. The zero-order valence-corrected chi connectivity index (χ0v) is 17.8. The molecule has 1 fully saturated rings. The summed E-state index contributed by atoms with van der Waals surface area (Å²) < 4.78 is 2.07. The van der Waals surface area contributed by atoms with Crippen LogP contribution < -0.4 is 5.32 Å². The van der Waals surface area contributed by atoms with E-state index in [1.165, 1.54) is 43.4 Å². The summed E-state index contributed by atoms with van der Waals surface area (Å²) in [4.78, 5) is 12.4. The molecule has 28 heavy (non-hydrogen) atoms. The number of hydrogen-bond acceptors (Lipinski definition) is 3. The smallest absolute Gasteiger partial charge is 0.225 e. The summed E-state index contributed by atoms with van der Waals surface area (Å²) in [7, 11) is 0. The Balaban J connectivity index is 1.50. The van der Waals surface area contributed by atoms with Crippen LogP contribution in [-0.4, -0.2) is 25.9 Å². The van der Waals surface area contributed by atoms with Crippen molar-refractivity contribution in [3.05, 3.63) is 28.7 Å². The molecule has 0 saturated heterocycles. The van der Waals surface area contributed by atoms with Crippen LogP contribution in [0.5, 0.6) is 0 Å². The van der Waals surface area contributed by atoms with Crippen molar-refractivity contribution in [2.45, 2.75) is 85.6 Å². The second-order valence-corrected chi connectivity index (χ2v) is 8.76. The van der Waals surface area contributed by atoms with Crippen molar-refractivity contribution in [1.82, 2.24) is 20.0 Å². The van der Waals surface area contributed by atoms with Crippen LogP contribution in [0.3, 0.4) is 0 Å². The Morgan fingerprint density at radius 1 is 1.29 bits per heavy atom. The van der Waals surface area contributed by atoms with Crippen molar-refractivity contribution in [3.63, 3.8) is 0 Å². The average molecular weight is 386 g/mol. The van der Waals surface area contributed by atoms with Crippen LogP contribution in [0.25, 0.3) is 0 Å². The van der Waals surface area contributed by atoms with E-state index in [9.17, 15) is 4.79 Å². The molecule has 0 bridgehead atoms. The zero-order valence-electron chi connectivity index (χ0n) is 17.8. The highest BCUT2D eigenvalue weighted by atomic mass is 16.1. The number of carbonyl (C=O) groups excluding carboxylic acids is 1. The molecule has 0 radical (unpaired) electrons. The molecule has 1 saturated carbocycles. The van der Waals surface area contributed by atoms with E-state index < -0.39 is 0 Å². The van der Waals surface area contributed by atoms with Gasteiger partial charge in [0.05, 0.1) is 5.69 Å². The third-order valence-electron chi connectivity index (χ3n) is 5.80. The van der Waals surface area contributed by atoms with Gasteiger partial charge in [0.1, 0.15) is 0 Å². The van der Waals surface area contributed by atoms with E-state index >= 15 is 0 Å². The number of nitrogens with one attached hydrogen (secondary N) is 2. The second kappa shape index (κ2) is 9.39. The summed E-state index contributed by atoms with van der Waals surface area (Å²) >= 11 is 0. The first-order valence-electron chi connectivity index (χ1n) is 10.8. The minimum atomic E-state index is 0.00567. The summed E-state index contributed by atoms with van der Waals surface area (Å²) in [6, 6.07) is 1.99. The fourth-order valence-electron chi connectivity index (χ4n) is 4.30. The largest absolute Gasteiger partial charge is 0.309 e. The van der Waals surface area contributed by atoms with Crippen molar-refractivity contribution >= 4 is 11.7 Å². The lowest BCUT2D eigenvalue weighted by atomic mass is 9.86. The zero-order chi connectivity index (χ0) is 20.1. The Kier molecular flexibility index (Phi) is 6.92. The first kappa shape index (κ1) is 20.6. The van der Waals surface area contributed by atoms with Gasteiger partial charge in [0, 0.05) is 30.4 Å². The number of amides is 1. The van der Waals surface area contributed by atoms with Crippen molar-refractivity contribution in [2.75, 3.05) is 5.32 Å². The molecule has 0 spiro atoms. The predicted octanol–water partition coefficient (Wildman–Crippen LogP) is 4.57. The Labute approximate surface area is 168 Å². The maximum Gasteiger partial charge on any atom is 0.225 e. The van der Waals surface area contributed by atoms with Gasteiger partial charge in [0.15, 0.2) is 5.82 Å². The number of rotatable bonds is 8. The van der Waals surface area contributed by atoms with Crippen molar-refractivity contribution in [1.29, 1.82) is 0 Å². The van der Waals surface area contributed by atoms with Crippen LogP contribution in [0.1, 0.15) is 75.0 Å². The van der Waals surface area contributed by atoms with Gasteiger partial charge in [-0.25, -0.2) is 0 Å². The molecule has 154 valence electrons. The highest BCUT2D eigenvalue weighted by Crippen LogP contribution is 2.26. The molecule has 2 aromatic rings. The number of anilines is 1. The summed E-state index contributed by atoms with van der Waals surface area (Å²) in [5, 5.41) is 14.9. The number of hydrogen-bond donors (Lipinski definition) is 2. The monoisotopic (exact) mass is 385 g/mol. The average Bonchev–Trinajstić information content (AvgIpc) is 3.18. The van der Waals surface area contributed by atoms with Crippen LogP contribution in [0, 0.1) is 25.7 Å². The van der Waals surface area contributed by atoms with Crippen LogP contribution in [0.2, 0.25) is 0 Å². The summed E-state index contributed by atoms with van der Waals surface area (Å²) in [5.74, 6) is 1.95. The molecule has 6 nitrogen and oxygen atoms in total. The maximum atomic E-state index is 12.4. The molecule has 1 aliphatic carbocycles. The SMILES string of the molecule is Cc1nn(CC(C)C)c(C)c1CCC(=O)Nc1cc(CC2CCCCC2)[nH]n1. The van der Waals surface area contributed by atoms with Gasteiger partial charge >= 0.3 is 0 Å². The lowest BCUT2D eigenvalue weighted by molar-refractivity contribution is -0.116. The van der Waals surface area contributed by atoms with Gasteiger partial charge < -0.3 is 5.32 Å². The van der Waals surface area contributed by atoms with Gasteiger partial charge in [-0.15, -0.1) is 0 Å². The Bertz CT molecular complexity index is 783. The number of carbonyl (C=O) groups is 1. The van der Waals surface area contributed by atoms with Gasteiger partial charge in [0.2, 0.25) is 5.91 Å². The lowest BCUT2D eigenvalue weighted by Crippen LogP contribution is -2.13. The second-order valence-electron chi connectivity index (χ2n) is 8.76. The van der Waals surface area contributed by atoms with E-state index in [-0.39, 0.29) is 5.91 Å². The molecule has 0 aliphatic heterocycles. The van der Waals surface area contributed by atoms with E-state index in [4.69, 9.17) is 0 Å². The van der Waals surface area contributed by atoms with Crippen LogP contribution in [-0.2, 0) is 24.2 Å². The van der Waals surface area contributed by atoms with Gasteiger partial charge in [0.25, 0.3) is 0 Å². The first-order valence-corrected chi connectivity index (χ1v) is 10.8. The van der Waals surface area contributed by atoms with Crippen LogP contribution in [0.15, 0.2) is 6.07 Å². The van der Waals surface area contributed by atoms with Crippen molar-refractivity contribution in [3.8, 4) is 0 Å². The summed E-state index contributed by atoms with van der Waals surface area (Å²) in [6.45, 7) is 9.42. The molecule has 1 amide bonds. The van der Waals surface area contributed by atoms with E-state index in [1.807, 2.05) is 13.0 Å². The molecule has 0 unspecified atom stereocenters. The van der Waals surface area contributed by atoms with Crippen molar-refractivity contribution in [2.24, 2.45) is 11.8 Å². The topological polar surface area (TPSA) is 75.6 Å². The fourth-order valence-corrected chi connectivity index (χ4v) is 4.30. The number of aromatic nitrogens is 4. The number of aromatic amines is 1. The Hall–Kier alpha value is -2.11. The number of aryl methyl sites for hydroxylation is 1. The molecule has 2 N–H and O–H groups in total. The van der Waals surface area contributed by atoms with E-state index in [1.54, 1.807) is 0 Å². The van der Waals surface area contributed by atoms with Crippen LogP contribution >= 0.6 is 0 Å². The Morgan fingerprint density at radius 2 is 2.04 bits per heavy atom. The standard InChI is InChI=1S/C22H35N5O/c1-15(2)14-27-17(4)20(16(3)26-27)10-11-22(28)23-21-13-19(24-25-21)12-18-8-6-5-7-9-18/h13,15,18H,5-12,14H2,1-4H3,(H2,23,24,25,28). The summed E-state index contributed by atoms with van der Waals surface area (Å²) in [6.07, 6.45) is 8.87. The first-order chi connectivity index (χ1) is 13.4. The van der Waals surface area contributed by atoms with Gasteiger partial charge in [-0.3, -0.25) is 14.6 Å². The molecule has 3 rings (SSSR count). The fraction of sp³-hybridized carbons (Fsp3) is 0.682. The van der Waals surface area contributed by atoms with Crippen LogP contribution in [0.4, 0.5) is 5.82 Å². The third kappa shape index (κ3) is 5.46. The highest BCUT2D eigenvalue weighted by molar-refractivity contribution is 5.89. The molecule has 1 aliphatic rings. The maximum absolute atomic E-state index is 12.4. The lowest BCUT2D eigenvalue weighted by Gasteiger charge is -2.20. The minimum absolute atomic E-state index is 0.00567. The summed E-state index contributed by atoms with van der Waals surface area (Å²) in [5.41, 5.74) is 4.52. The molecule has 0 aromatic carbocycles. The molecule has 2 aromatic heterocycles. The third-order valence-corrected chi connectivity index (χ3v) is 5.80. The Morgan fingerprint density at radius 3 is 2.75 bits per heavy atom. The molecule has 6 heteroatoms. The van der Waals surface area contributed by atoms with E-state index in [2.05, 4.69) is 46.1 Å². The number of nitrogens with zero attached hydrogens (tertiary/aromatic N) is 3. The minimum Gasteiger partial charge on any atom is -0.309 e. The molecule has 2 heterocycles.